The van der Waals surface area contributed by atoms with Gasteiger partial charge in [0.25, 0.3) is 0 Å². The summed E-state index contributed by atoms with van der Waals surface area (Å²) in [5, 5.41) is 10.1. The molecule has 3 aliphatic heterocycles. The second-order valence-corrected chi connectivity index (χ2v) is 15.2. The largest absolute Gasteiger partial charge is 0.454 e. The van der Waals surface area contributed by atoms with E-state index in [0.717, 1.165) is 22.6 Å². The lowest BCUT2D eigenvalue weighted by molar-refractivity contribution is -0.0314. The lowest BCUT2D eigenvalue weighted by Crippen LogP contribution is -2.48. The number of hydrogen-bond donors (Lipinski definition) is 1. The first kappa shape index (κ1) is 22.1. The fourth-order valence-corrected chi connectivity index (χ4v) is 11.4. The summed E-state index contributed by atoms with van der Waals surface area (Å²) in [4.78, 5) is 0. The number of ether oxygens (including phenoxy) is 4. The summed E-state index contributed by atoms with van der Waals surface area (Å²) >= 11 is 0. The molecule has 30 heavy (non-hydrogen) atoms. The quantitative estimate of drug-likeness (QED) is 0.336. The molecule has 4 rings (SSSR count). The lowest BCUT2D eigenvalue weighted by Gasteiger charge is -2.42. The summed E-state index contributed by atoms with van der Waals surface area (Å²) in [6.45, 7) is 14.8. The number of fused-ring (bicyclic) bond motifs is 6. The molecule has 0 amide bonds. The van der Waals surface area contributed by atoms with Crippen molar-refractivity contribution in [1.29, 1.82) is 0 Å². The second kappa shape index (κ2) is 8.43. The minimum absolute atomic E-state index is 0.0187. The fourth-order valence-electron chi connectivity index (χ4n) is 6.15. The molecule has 6 nitrogen and oxygen atoms in total. The van der Waals surface area contributed by atoms with Crippen LogP contribution in [0.4, 0.5) is 0 Å². The van der Waals surface area contributed by atoms with Crippen LogP contribution in [-0.2, 0) is 13.9 Å². The summed E-state index contributed by atoms with van der Waals surface area (Å²) in [6.07, 6.45) is -0.201. The van der Waals surface area contributed by atoms with Gasteiger partial charge in [-0.3, -0.25) is 0 Å². The molecule has 0 aromatic heterocycles. The van der Waals surface area contributed by atoms with Crippen LogP contribution in [0.5, 0.6) is 11.5 Å². The summed E-state index contributed by atoms with van der Waals surface area (Å²) < 4.78 is 29.9. The molecule has 1 aromatic rings. The van der Waals surface area contributed by atoms with Crippen LogP contribution in [0, 0.1) is 11.8 Å². The van der Waals surface area contributed by atoms with Gasteiger partial charge in [0.05, 0.1) is 18.8 Å². The van der Waals surface area contributed by atoms with Crippen LogP contribution in [0.15, 0.2) is 12.1 Å². The highest BCUT2D eigenvalue weighted by molar-refractivity contribution is 6.77. The minimum Gasteiger partial charge on any atom is -0.454 e. The van der Waals surface area contributed by atoms with Crippen LogP contribution in [0.3, 0.4) is 0 Å². The second-order valence-electron chi connectivity index (χ2n) is 9.77. The Kier molecular flexibility index (Phi) is 6.21. The van der Waals surface area contributed by atoms with E-state index in [1.807, 2.05) is 12.1 Å². The number of aliphatic hydroxyl groups excluding tert-OH is 1. The molecule has 3 heterocycles. The van der Waals surface area contributed by atoms with Crippen molar-refractivity contribution < 1.29 is 28.5 Å². The van der Waals surface area contributed by atoms with E-state index in [1.54, 1.807) is 0 Å². The van der Waals surface area contributed by atoms with E-state index in [2.05, 4.69) is 41.5 Å². The maximum absolute atomic E-state index is 10.1. The average molecular weight is 437 g/mol. The number of aliphatic hydroxyl groups is 1. The highest BCUT2D eigenvalue weighted by Gasteiger charge is 2.53. The molecule has 4 atom stereocenters. The van der Waals surface area contributed by atoms with E-state index >= 15 is 0 Å². The molecule has 168 valence electrons. The summed E-state index contributed by atoms with van der Waals surface area (Å²) in [6, 6.07) is 4.05. The van der Waals surface area contributed by atoms with Crippen molar-refractivity contribution in [2.24, 2.45) is 11.8 Å². The average Bonchev–Trinajstić information content (AvgIpc) is 3.38. The smallest absolute Gasteiger partial charge is 0.231 e. The molecule has 1 saturated heterocycles. The van der Waals surface area contributed by atoms with Crippen LogP contribution >= 0.6 is 0 Å². The number of rotatable bonds is 9. The molecule has 0 spiro atoms. The van der Waals surface area contributed by atoms with Crippen molar-refractivity contribution in [2.45, 2.75) is 70.4 Å². The van der Waals surface area contributed by atoms with Gasteiger partial charge >= 0.3 is 0 Å². The Labute approximate surface area is 180 Å². The summed E-state index contributed by atoms with van der Waals surface area (Å²) in [7, 11) is -1.95. The van der Waals surface area contributed by atoms with Gasteiger partial charge in [-0.2, -0.15) is 0 Å². The lowest BCUT2D eigenvalue weighted by atomic mass is 9.76. The zero-order chi connectivity index (χ0) is 21.6. The number of benzene rings is 1. The molecule has 3 aliphatic rings. The van der Waals surface area contributed by atoms with Gasteiger partial charge in [-0.1, -0.05) is 41.5 Å². The first-order valence-corrected chi connectivity index (χ1v) is 13.4. The summed E-state index contributed by atoms with van der Waals surface area (Å²) in [5.41, 5.74) is 3.82. The van der Waals surface area contributed by atoms with E-state index in [-0.39, 0.29) is 37.4 Å². The predicted molar refractivity (Wildman–Crippen MR) is 116 cm³/mol. The van der Waals surface area contributed by atoms with Crippen LogP contribution in [0.2, 0.25) is 16.6 Å². The van der Waals surface area contributed by atoms with Gasteiger partial charge in [0.15, 0.2) is 11.5 Å². The standard InChI is InChI=1S/C23H36O6Si/c1-13(2)30(14(3)4,15(5)6)28-11-25-10-19-18(9-24)22-16-7-20-21(27-12-26-20)8-17(16)23(19)29-22/h7-8,13-15,18-19,22-24H,9-12H2,1-6H3/t18-,19+,22-,23+/m1/s1. The Balaban J connectivity index is 1.43. The van der Waals surface area contributed by atoms with E-state index in [9.17, 15) is 5.11 Å². The Bertz CT molecular complexity index is 743. The third-order valence-electron chi connectivity index (χ3n) is 7.43. The fraction of sp³-hybridized carbons (Fsp3) is 0.739. The highest BCUT2D eigenvalue weighted by Crippen LogP contribution is 2.59. The number of hydrogen-bond acceptors (Lipinski definition) is 6. The molecule has 1 aromatic carbocycles. The monoisotopic (exact) mass is 436 g/mol. The SMILES string of the molecule is CC(C)[Si](OCOC[C@H]1[C@@H](CO)[C@@H]2O[C@H]1c1cc3c(cc12)OCO3)(C(C)C)C(C)C. The van der Waals surface area contributed by atoms with Crippen molar-refractivity contribution >= 4 is 8.32 Å². The predicted octanol–water partition coefficient (Wildman–Crippen LogP) is 4.93. The highest BCUT2D eigenvalue weighted by atomic mass is 28.4. The topological polar surface area (TPSA) is 66.4 Å². The van der Waals surface area contributed by atoms with Crippen molar-refractivity contribution in [3.63, 3.8) is 0 Å². The minimum atomic E-state index is -1.95. The van der Waals surface area contributed by atoms with Gasteiger partial charge < -0.3 is 28.5 Å². The molecular weight excluding hydrogens is 400 g/mol. The molecule has 0 radical (unpaired) electrons. The van der Waals surface area contributed by atoms with Crippen molar-refractivity contribution in [1.82, 2.24) is 0 Å². The molecule has 1 N–H and O–H groups in total. The van der Waals surface area contributed by atoms with E-state index in [4.69, 9.17) is 23.4 Å². The van der Waals surface area contributed by atoms with Crippen LogP contribution in [-0.4, -0.2) is 40.2 Å². The Morgan fingerprint density at radius 1 is 0.933 bits per heavy atom. The van der Waals surface area contributed by atoms with E-state index < -0.39 is 8.32 Å². The zero-order valence-electron chi connectivity index (χ0n) is 19.0. The third-order valence-corrected chi connectivity index (χ3v) is 13.5. The molecule has 0 saturated carbocycles. The van der Waals surface area contributed by atoms with Gasteiger partial charge in [0, 0.05) is 18.4 Å². The van der Waals surface area contributed by atoms with Gasteiger partial charge in [-0.25, -0.2) is 0 Å². The van der Waals surface area contributed by atoms with Crippen LogP contribution in [0.1, 0.15) is 64.9 Å². The van der Waals surface area contributed by atoms with Crippen molar-refractivity contribution in [2.75, 3.05) is 26.8 Å². The maximum Gasteiger partial charge on any atom is 0.231 e. The first-order valence-electron chi connectivity index (χ1n) is 11.2. The normalized spacial score (nSPS) is 27.0. The summed E-state index contributed by atoms with van der Waals surface area (Å²) in [5.74, 6) is 1.66. The molecule has 0 unspecified atom stereocenters. The van der Waals surface area contributed by atoms with Crippen molar-refractivity contribution in [3.05, 3.63) is 23.3 Å². The molecule has 1 fully saturated rings. The third kappa shape index (κ3) is 3.39. The van der Waals surface area contributed by atoms with Crippen molar-refractivity contribution in [3.8, 4) is 11.5 Å². The maximum atomic E-state index is 10.1. The Morgan fingerprint density at radius 3 is 1.97 bits per heavy atom. The molecule has 7 heteroatoms. The van der Waals surface area contributed by atoms with E-state index in [0.29, 0.717) is 30.0 Å². The zero-order valence-corrected chi connectivity index (χ0v) is 20.0. The Morgan fingerprint density at radius 2 is 1.47 bits per heavy atom. The van der Waals surface area contributed by atoms with Crippen LogP contribution in [0.25, 0.3) is 0 Å². The first-order chi connectivity index (χ1) is 14.3. The van der Waals surface area contributed by atoms with Gasteiger partial charge in [-0.05, 0) is 39.9 Å². The molecular formula is C23H36O6Si. The molecule has 2 bridgehead atoms. The van der Waals surface area contributed by atoms with Gasteiger partial charge in [0.1, 0.15) is 6.79 Å². The van der Waals surface area contributed by atoms with E-state index in [1.165, 1.54) is 0 Å². The Hall–Kier alpha value is -1.12. The van der Waals surface area contributed by atoms with Gasteiger partial charge in [-0.15, -0.1) is 0 Å². The molecule has 0 aliphatic carbocycles. The van der Waals surface area contributed by atoms with Crippen LogP contribution < -0.4 is 9.47 Å². The van der Waals surface area contributed by atoms with Gasteiger partial charge in [0.2, 0.25) is 15.1 Å².